The highest BCUT2D eigenvalue weighted by Gasteiger charge is 2.27. The zero-order valence-electron chi connectivity index (χ0n) is 38.1. The highest BCUT2D eigenvalue weighted by Crippen LogP contribution is 2.38. The Labute approximate surface area is 369 Å². The standard InChI is InChI=1S/C46H86N3O9PS/c1-6-8-10-12-14-16-18-20-21-23-25-27-29-32-42(50)41(38-58-59(55,56)57-37-36-49(3,4)5)48-46(54)40(47)39-60-44(43(51)33-31-35-45(52)53)34-30-28-26-24-22-19-17-15-13-11-9-7-2/h15,17,22,24,26,28,30,34,40-44,50-51H,6-14,16,18-21,23,25,27,29,31-33,35-39,47H2,1-5H3,(H2-,48,52,53,54,55,56)/b17-15-,24-22-,28-26+,34-30+/t40-,41-,42+,43-,44+/m0/s1. The number of unbranched alkanes of at least 4 members (excludes halogenated alkanes) is 15. The lowest BCUT2D eigenvalue weighted by Gasteiger charge is -2.30. The van der Waals surface area contributed by atoms with Crippen LogP contribution < -0.4 is 15.9 Å². The van der Waals surface area contributed by atoms with E-state index in [1.165, 1.54) is 88.8 Å². The molecule has 0 aliphatic heterocycles. The Bertz CT molecular complexity index is 1240. The maximum atomic E-state index is 13.4. The molecule has 0 fully saturated rings. The van der Waals surface area contributed by atoms with E-state index in [9.17, 15) is 29.3 Å². The van der Waals surface area contributed by atoms with Gasteiger partial charge in [0.25, 0.3) is 7.82 Å². The molecule has 0 aromatic rings. The molecule has 0 heterocycles. The average molecular weight is 888 g/mol. The van der Waals surface area contributed by atoms with Crippen molar-refractivity contribution < 1.29 is 47.9 Å². The minimum atomic E-state index is -4.72. The van der Waals surface area contributed by atoms with E-state index in [0.717, 1.165) is 32.1 Å². The Morgan fingerprint density at radius 2 is 1.33 bits per heavy atom. The summed E-state index contributed by atoms with van der Waals surface area (Å²) in [6, 6.07) is -2.11. The van der Waals surface area contributed by atoms with Crippen molar-refractivity contribution in [2.75, 3.05) is 46.7 Å². The van der Waals surface area contributed by atoms with Crippen LogP contribution in [0.1, 0.15) is 155 Å². The van der Waals surface area contributed by atoms with Crippen molar-refractivity contribution >= 4 is 31.5 Å². The minimum Gasteiger partial charge on any atom is -0.756 e. The largest absolute Gasteiger partial charge is 0.756 e. The number of thioether (sulfide) groups is 1. The third-order valence-electron chi connectivity index (χ3n) is 10.1. The summed E-state index contributed by atoms with van der Waals surface area (Å²) < 4.78 is 23.3. The lowest BCUT2D eigenvalue weighted by atomic mass is 10.0. The molecule has 12 nitrogen and oxygen atoms in total. The molecule has 0 rings (SSSR count). The van der Waals surface area contributed by atoms with Crippen molar-refractivity contribution in [1.29, 1.82) is 0 Å². The lowest BCUT2D eigenvalue weighted by Crippen LogP contribution is -2.52. The zero-order valence-corrected chi connectivity index (χ0v) is 39.8. The second-order valence-corrected chi connectivity index (χ2v) is 19.6. The number of hydrogen-bond donors (Lipinski definition) is 5. The first-order valence-electron chi connectivity index (χ1n) is 22.9. The first-order valence-corrected chi connectivity index (χ1v) is 25.4. The summed E-state index contributed by atoms with van der Waals surface area (Å²) >= 11 is 1.26. The number of aliphatic carboxylic acids is 1. The normalized spacial score (nSPS) is 16.1. The number of carboxylic acid groups (broad SMARTS) is 1. The fraction of sp³-hybridized carbons (Fsp3) is 0.783. The predicted octanol–water partition coefficient (Wildman–Crippen LogP) is 8.76. The third-order valence-corrected chi connectivity index (χ3v) is 12.4. The molecular formula is C46H86N3O9PS. The fourth-order valence-corrected chi connectivity index (χ4v) is 8.09. The summed E-state index contributed by atoms with van der Waals surface area (Å²) in [5.74, 6) is -1.44. The van der Waals surface area contributed by atoms with Gasteiger partial charge in [-0.25, -0.2) is 0 Å². The number of phosphoric ester groups is 1. The zero-order chi connectivity index (χ0) is 44.9. The number of allylic oxidation sites excluding steroid dienone is 7. The van der Waals surface area contributed by atoms with E-state index in [-0.39, 0.29) is 25.2 Å². The van der Waals surface area contributed by atoms with E-state index < -0.39 is 55.8 Å². The van der Waals surface area contributed by atoms with Crippen molar-refractivity contribution in [2.24, 2.45) is 5.73 Å². The molecule has 0 aliphatic rings. The van der Waals surface area contributed by atoms with Crippen molar-refractivity contribution in [1.82, 2.24) is 5.32 Å². The monoisotopic (exact) mass is 888 g/mol. The summed E-state index contributed by atoms with van der Waals surface area (Å²) in [7, 11) is 0.999. The fourth-order valence-electron chi connectivity index (χ4n) is 6.22. The van der Waals surface area contributed by atoms with Crippen LogP contribution in [0.2, 0.25) is 0 Å². The minimum absolute atomic E-state index is 0.0694. The number of nitrogens with two attached hydrogens (primary N) is 1. The van der Waals surface area contributed by atoms with Gasteiger partial charge in [-0.15, -0.1) is 11.8 Å². The number of carboxylic acids is 1. The molecule has 350 valence electrons. The van der Waals surface area contributed by atoms with E-state index in [1.807, 2.05) is 39.4 Å². The Kier molecular flexibility index (Phi) is 36.6. The Morgan fingerprint density at radius 1 is 0.767 bits per heavy atom. The quantitative estimate of drug-likeness (QED) is 0.0130. The van der Waals surface area contributed by atoms with Crippen molar-refractivity contribution in [3.63, 3.8) is 0 Å². The molecule has 14 heteroatoms. The molecule has 1 amide bonds. The van der Waals surface area contributed by atoms with Gasteiger partial charge in [-0.2, -0.15) is 0 Å². The molecule has 0 radical (unpaired) electrons. The van der Waals surface area contributed by atoms with Crippen LogP contribution in [0.3, 0.4) is 0 Å². The number of hydrogen-bond acceptors (Lipinski definition) is 10. The summed E-state index contributed by atoms with van der Waals surface area (Å²) in [4.78, 5) is 37.1. The Balaban J connectivity index is 5.37. The van der Waals surface area contributed by atoms with Gasteiger partial charge in [0.05, 0.1) is 52.0 Å². The average Bonchev–Trinajstić information content (AvgIpc) is 3.18. The van der Waals surface area contributed by atoms with E-state index in [2.05, 4.69) is 37.4 Å². The molecule has 60 heavy (non-hydrogen) atoms. The van der Waals surface area contributed by atoms with Crippen LogP contribution in [-0.4, -0.2) is 108 Å². The van der Waals surface area contributed by atoms with E-state index >= 15 is 0 Å². The molecule has 1 unspecified atom stereocenters. The predicted molar refractivity (Wildman–Crippen MR) is 248 cm³/mol. The van der Waals surface area contributed by atoms with Gasteiger partial charge >= 0.3 is 5.97 Å². The van der Waals surface area contributed by atoms with Gasteiger partial charge in [-0.1, -0.05) is 159 Å². The van der Waals surface area contributed by atoms with Gasteiger partial charge < -0.3 is 44.8 Å². The maximum absolute atomic E-state index is 13.4. The molecule has 0 saturated carbocycles. The number of aliphatic hydroxyl groups is 2. The molecule has 0 saturated heterocycles. The van der Waals surface area contributed by atoms with Gasteiger partial charge in [-0.05, 0) is 38.5 Å². The molecule has 0 aromatic carbocycles. The first kappa shape index (κ1) is 58.2. The van der Waals surface area contributed by atoms with E-state index in [1.54, 1.807) is 12.2 Å². The molecule has 0 aliphatic carbocycles. The van der Waals surface area contributed by atoms with Crippen LogP contribution in [0.5, 0.6) is 0 Å². The molecule has 0 bridgehead atoms. The first-order chi connectivity index (χ1) is 28.6. The summed E-state index contributed by atoms with van der Waals surface area (Å²) in [6.07, 6.45) is 35.5. The number of amides is 1. The number of carbonyl (C=O) groups excluding carboxylic acids is 1. The highest BCUT2D eigenvalue weighted by atomic mass is 32.2. The Hall–Kier alpha value is -1.80. The van der Waals surface area contributed by atoms with E-state index in [0.29, 0.717) is 30.3 Å². The van der Waals surface area contributed by atoms with Gasteiger partial charge in [0.15, 0.2) is 0 Å². The van der Waals surface area contributed by atoms with Gasteiger partial charge in [-0.3, -0.25) is 14.2 Å². The Morgan fingerprint density at radius 3 is 1.93 bits per heavy atom. The summed E-state index contributed by atoms with van der Waals surface area (Å²) in [6.45, 7) is 4.26. The summed E-state index contributed by atoms with van der Waals surface area (Å²) in [5.41, 5.74) is 6.33. The van der Waals surface area contributed by atoms with Crippen LogP contribution in [0.4, 0.5) is 0 Å². The molecular weight excluding hydrogens is 802 g/mol. The lowest BCUT2D eigenvalue weighted by molar-refractivity contribution is -0.870. The highest BCUT2D eigenvalue weighted by molar-refractivity contribution is 8.00. The number of carbonyl (C=O) groups is 2. The maximum Gasteiger partial charge on any atom is 0.303 e. The third kappa shape index (κ3) is 36.8. The number of quaternary nitrogens is 1. The smallest absolute Gasteiger partial charge is 0.303 e. The number of nitrogens with one attached hydrogen (secondary N) is 1. The van der Waals surface area contributed by atoms with Crippen LogP contribution in [0.25, 0.3) is 0 Å². The van der Waals surface area contributed by atoms with Crippen LogP contribution in [-0.2, 0) is 23.2 Å². The van der Waals surface area contributed by atoms with Crippen LogP contribution in [0, 0.1) is 0 Å². The molecule has 6 atom stereocenters. The number of rotatable bonds is 41. The summed E-state index contributed by atoms with van der Waals surface area (Å²) in [5, 5.41) is 33.5. The van der Waals surface area contributed by atoms with E-state index in [4.69, 9.17) is 19.9 Å². The van der Waals surface area contributed by atoms with Crippen molar-refractivity contribution in [2.45, 2.75) is 185 Å². The second-order valence-electron chi connectivity index (χ2n) is 17.0. The van der Waals surface area contributed by atoms with Gasteiger partial charge in [0, 0.05) is 17.4 Å². The number of nitrogens with zero attached hydrogens (tertiary/aromatic N) is 1. The van der Waals surface area contributed by atoms with Gasteiger partial charge in [0.1, 0.15) is 13.2 Å². The van der Waals surface area contributed by atoms with Crippen LogP contribution in [0.15, 0.2) is 48.6 Å². The number of aliphatic hydroxyl groups excluding tert-OH is 2. The SMILES string of the molecule is CCCCC/C=C\C\C=C/C=C/C=C/[C@@H](SC[C@H](N)C(=O)N[C@@H](COP(=O)([O-])OCC[N+](C)(C)C)[C@H](O)CCCCCCCCCCCCCCC)[C@@H](O)CCCC(=O)O. The van der Waals surface area contributed by atoms with Crippen molar-refractivity contribution in [3.05, 3.63) is 48.6 Å². The second kappa shape index (κ2) is 37.7. The number of likely N-dealkylation sites (N-methyl/N-ethyl adjacent to an activating group) is 1. The number of phosphoric acid groups is 1. The molecule has 0 aromatic heterocycles. The van der Waals surface area contributed by atoms with Crippen LogP contribution >= 0.6 is 19.6 Å². The molecule has 6 N–H and O–H groups in total. The topological polar surface area (TPSA) is 191 Å². The molecule has 0 spiro atoms. The van der Waals surface area contributed by atoms with Crippen molar-refractivity contribution in [3.8, 4) is 0 Å². The van der Waals surface area contributed by atoms with Gasteiger partial charge in [0.2, 0.25) is 5.91 Å².